The third-order valence-electron chi connectivity index (χ3n) is 4.68. The van der Waals surface area contributed by atoms with Crippen molar-refractivity contribution in [1.82, 2.24) is 10.1 Å². The van der Waals surface area contributed by atoms with Gasteiger partial charge in [-0.15, -0.1) is 0 Å². The first kappa shape index (κ1) is 19.6. The van der Waals surface area contributed by atoms with Gasteiger partial charge >= 0.3 is 6.09 Å². The highest BCUT2D eigenvalue weighted by Gasteiger charge is 2.25. The van der Waals surface area contributed by atoms with E-state index in [0.717, 1.165) is 0 Å². The van der Waals surface area contributed by atoms with Crippen LogP contribution in [0.25, 0.3) is 11.5 Å². The second kappa shape index (κ2) is 7.62. The Hall–Kier alpha value is -3.68. The summed E-state index contributed by atoms with van der Waals surface area (Å²) in [5, 5.41) is 6.92. The number of anilines is 2. The number of aromatic nitrogens is 2. The lowest BCUT2D eigenvalue weighted by Gasteiger charge is -2.14. The lowest BCUT2D eigenvalue weighted by atomic mass is 9.96. The summed E-state index contributed by atoms with van der Waals surface area (Å²) in [4.78, 5) is 30.8. The van der Waals surface area contributed by atoms with E-state index in [-0.39, 0.29) is 11.3 Å². The van der Waals surface area contributed by atoms with E-state index in [4.69, 9.17) is 9.26 Å². The quantitative estimate of drug-likeness (QED) is 0.696. The van der Waals surface area contributed by atoms with E-state index in [0.29, 0.717) is 47.4 Å². The zero-order chi connectivity index (χ0) is 21.3. The van der Waals surface area contributed by atoms with Crippen LogP contribution in [-0.4, -0.2) is 35.3 Å². The van der Waals surface area contributed by atoms with E-state index in [2.05, 4.69) is 15.5 Å². The molecule has 2 amide bonds. The van der Waals surface area contributed by atoms with Gasteiger partial charge in [-0.3, -0.25) is 9.69 Å². The number of cyclic esters (lactones) is 1. The molecule has 1 fully saturated rings. The summed E-state index contributed by atoms with van der Waals surface area (Å²) in [5.74, 6) is 0.541. The molecule has 30 heavy (non-hydrogen) atoms. The summed E-state index contributed by atoms with van der Waals surface area (Å²) >= 11 is 0. The molecule has 0 atom stereocenters. The van der Waals surface area contributed by atoms with Crippen molar-refractivity contribution in [3.05, 3.63) is 59.9 Å². The van der Waals surface area contributed by atoms with Crippen molar-refractivity contribution in [2.45, 2.75) is 26.2 Å². The average Bonchev–Trinajstić information content (AvgIpc) is 3.37. The molecule has 0 bridgehead atoms. The summed E-state index contributed by atoms with van der Waals surface area (Å²) < 4.78 is 10.4. The molecule has 1 saturated heterocycles. The maximum Gasteiger partial charge on any atom is 0.414 e. The van der Waals surface area contributed by atoms with E-state index < -0.39 is 6.09 Å². The van der Waals surface area contributed by atoms with Gasteiger partial charge in [-0.2, -0.15) is 4.98 Å². The number of carbonyl (C=O) groups is 2. The SMILES string of the molecule is CC(C)(C)c1noc(-c2ccccc2C(=O)Nc2cccc(N3CCOC3=O)c2)n1. The van der Waals surface area contributed by atoms with Crippen LogP contribution in [0, 0.1) is 0 Å². The number of hydrogen-bond acceptors (Lipinski definition) is 6. The monoisotopic (exact) mass is 406 g/mol. The molecule has 1 aliphatic rings. The van der Waals surface area contributed by atoms with Gasteiger partial charge in [0.15, 0.2) is 5.82 Å². The van der Waals surface area contributed by atoms with Crippen LogP contribution in [0.5, 0.6) is 0 Å². The summed E-state index contributed by atoms with van der Waals surface area (Å²) in [6.07, 6.45) is -0.394. The van der Waals surface area contributed by atoms with Gasteiger partial charge in [0.1, 0.15) is 6.61 Å². The average molecular weight is 406 g/mol. The van der Waals surface area contributed by atoms with E-state index in [9.17, 15) is 9.59 Å². The molecule has 0 aliphatic carbocycles. The zero-order valence-electron chi connectivity index (χ0n) is 17.0. The molecule has 8 nitrogen and oxygen atoms in total. The first-order chi connectivity index (χ1) is 14.3. The fourth-order valence-corrected chi connectivity index (χ4v) is 3.08. The molecule has 3 aromatic rings. The van der Waals surface area contributed by atoms with Crippen molar-refractivity contribution in [1.29, 1.82) is 0 Å². The van der Waals surface area contributed by atoms with Crippen molar-refractivity contribution < 1.29 is 18.8 Å². The highest BCUT2D eigenvalue weighted by molar-refractivity contribution is 6.08. The van der Waals surface area contributed by atoms with Crippen molar-refractivity contribution in [3.8, 4) is 11.5 Å². The van der Waals surface area contributed by atoms with Gasteiger partial charge in [0.2, 0.25) is 0 Å². The van der Waals surface area contributed by atoms with Crippen molar-refractivity contribution in [3.63, 3.8) is 0 Å². The Morgan fingerprint density at radius 1 is 1.13 bits per heavy atom. The summed E-state index contributed by atoms with van der Waals surface area (Å²) in [6.45, 7) is 6.80. The predicted octanol–water partition coefficient (Wildman–Crippen LogP) is 4.24. The molecule has 1 aliphatic heterocycles. The molecule has 0 unspecified atom stereocenters. The minimum Gasteiger partial charge on any atom is -0.447 e. The first-order valence-corrected chi connectivity index (χ1v) is 9.62. The highest BCUT2D eigenvalue weighted by Crippen LogP contribution is 2.27. The number of ether oxygens (including phenoxy) is 1. The number of carbonyl (C=O) groups excluding carboxylic acids is 2. The minimum absolute atomic E-state index is 0.268. The van der Waals surface area contributed by atoms with Crippen LogP contribution in [0.2, 0.25) is 0 Å². The first-order valence-electron chi connectivity index (χ1n) is 9.62. The summed E-state index contributed by atoms with van der Waals surface area (Å²) in [6, 6.07) is 14.1. The molecule has 0 saturated carbocycles. The van der Waals surface area contributed by atoms with E-state index in [1.807, 2.05) is 26.8 Å². The van der Waals surface area contributed by atoms with E-state index in [1.54, 1.807) is 42.5 Å². The molecule has 0 radical (unpaired) electrons. The minimum atomic E-state index is -0.394. The molecule has 154 valence electrons. The second-order valence-electron chi connectivity index (χ2n) is 7.99. The van der Waals surface area contributed by atoms with Gasteiger partial charge in [-0.1, -0.05) is 44.1 Å². The third kappa shape index (κ3) is 3.89. The maximum atomic E-state index is 13.0. The van der Waals surface area contributed by atoms with Crippen LogP contribution >= 0.6 is 0 Å². The molecular formula is C22H22N4O4. The molecule has 8 heteroatoms. The molecule has 4 rings (SSSR count). The molecule has 2 heterocycles. The summed E-state index contributed by atoms with van der Waals surface area (Å²) in [5.41, 5.74) is 1.92. The van der Waals surface area contributed by atoms with Crippen molar-refractivity contribution in [2.24, 2.45) is 0 Å². The molecule has 2 aromatic carbocycles. The van der Waals surface area contributed by atoms with Gasteiger partial charge in [0, 0.05) is 16.8 Å². The van der Waals surface area contributed by atoms with Crippen LogP contribution in [0.1, 0.15) is 37.0 Å². The predicted molar refractivity (Wildman–Crippen MR) is 112 cm³/mol. The second-order valence-corrected chi connectivity index (χ2v) is 7.99. The largest absolute Gasteiger partial charge is 0.447 e. The Labute approximate surface area is 173 Å². The topological polar surface area (TPSA) is 97.6 Å². The normalized spacial score (nSPS) is 14.0. The van der Waals surface area contributed by atoms with Gasteiger partial charge in [0.05, 0.1) is 17.7 Å². The van der Waals surface area contributed by atoms with Crippen LogP contribution in [-0.2, 0) is 10.2 Å². The number of rotatable bonds is 4. The lowest BCUT2D eigenvalue weighted by molar-refractivity contribution is 0.102. The van der Waals surface area contributed by atoms with E-state index >= 15 is 0 Å². The standard InChI is InChI=1S/C22H22N4O4/c1-22(2,3)20-24-19(30-25-20)17-10-5-4-9-16(17)18(27)23-14-7-6-8-15(13-14)26-11-12-29-21(26)28/h4-10,13H,11-12H2,1-3H3,(H,23,27). The highest BCUT2D eigenvalue weighted by atomic mass is 16.6. The Morgan fingerprint density at radius 3 is 2.63 bits per heavy atom. The maximum absolute atomic E-state index is 13.0. The van der Waals surface area contributed by atoms with Crippen LogP contribution in [0.4, 0.5) is 16.2 Å². The van der Waals surface area contributed by atoms with Crippen LogP contribution < -0.4 is 10.2 Å². The number of amides is 2. The Morgan fingerprint density at radius 2 is 1.93 bits per heavy atom. The fraction of sp³-hybridized carbons (Fsp3) is 0.273. The number of nitrogens with one attached hydrogen (secondary N) is 1. The Bertz CT molecular complexity index is 1100. The van der Waals surface area contributed by atoms with Gasteiger partial charge in [0.25, 0.3) is 11.8 Å². The molecule has 0 spiro atoms. The van der Waals surface area contributed by atoms with Gasteiger partial charge in [-0.05, 0) is 30.3 Å². The third-order valence-corrected chi connectivity index (χ3v) is 4.68. The Kier molecular flexibility index (Phi) is 4.99. The Balaban J connectivity index is 1.59. The number of benzene rings is 2. The molecular weight excluding hydrogens is 384 g/mol. The lowest BCUT2D eigenvalue weighted by Crippen LogP contribution is -2.23. The fourth-order valence-electron chi connectivity index (χ4n) is 3.08. The van der Waals surface area contributed by atoms with E-state index in [1.165, 1.54) is 4.90 Å². The van der Waals surface area contributed by atoms with Crippen LogP contribution in [0.3, 0.4) is 0 Å². The van der Waals surface area contributed by atoms with Gasteiger partial charge in [-0.25, -0.2) is 4.79 Å². The number of nitrogens with zero attached hydrogens (tertiary/aromatic N) is 3. The van der Waals surface area contributed by atoms with Crippen LogP contribution in [0.15, 0.2) is 53.1 Å². The van der Waals surface area contributed by atoms with Gasteiger partial charge < -0.3 is 14.6 Å². The molecule has 1 N–H and O–H groups in total. The zero-order valence-corrected chi connectivity index (χ0v) is 17.0. The molecule has 1 aromatic heterocycles. The smallest absolute Gasteiger partial charge is 0.414 e. The number of hydrogen-bond donors (Lipinski definition) is 1. The summed E-state index contributed by atoms with van der Waals surface area (Å²) in [7, 11) is 0. The van der Waals surface area contributed by atoms with Crippen molar-refractivity contribution in [2.75, 3.05) is 23.4 Å². The van der Waals surface area contributed by atoms with Crippen molar-refractivity contribution >= 4 is 23.4 Å².